The fourth-order valence-electron chi connectivity index (χ4n) is 2.74. The molecule has 1 aromatic carbocycles. The summed E-state index contributed by atoms with van der Waals surface area (Å²) >= 11 is 0. The lowest BCUT2D eigenvalue weighted by Gasteiger charge is -2.36. The van der Waals surface area contributed by atoms with Crippen LogP contribution in [0, 0.1) is 11.3 Å². The number of β-amino-alcohol motifs (C(OH)–C–C–N with tert-alkyl or cyclic N) is 1. The maximum Gasteiger partial charge on any atom is 0.263 e. The van der Waals surface area contributed by atoms with E-state index in [0.717, 1.165) is 19.5 Å². The van der Waals surface area contributed by atoms with Gasteiger partial charge in [-0.15, -0.1) is 0 Å². The fourth-order valence-corrected chi connectivity index (χ4v) is 2.74. The molecule has 1 aliphatic rings. The second-order valence-electron chi connectivity index (χ2n) is 6.06. The Labute approximate surface area is 143 Å². The normalized spacial score (nSPS) is 17.8. The molecule has 0 aliphatic carbocycles. The van der Waals surface area contributed by atoms with Gasteiger partial charge >= 0.3 is 0 Å². The monoisotopic (exact) mass is 331 g/mol. The predicted octanol–water partition coefficient (Wildman–Crippen LogP) is 1.24. The number of nitrogens with zero attached hydrogens (tertiary/aromatic N) is 3. The Balaban J connectivity index is 1.87. The first-order valence-electron chi connectivity index (χ1n) is 8.40. The molecule has 1 saturated heterocycles. The van der Waals surface area contributed by atoms with Gasteiger partial charge in [0.05, 0.1) is 11.7 Å². The molecule has 6 heteroatoms. The molecule has 0 spiro atoms. The van der Waals surface area contributed by atoms with Crippen LogP contribution in [0.15, 0.2) is 24.3 Å². The summed E-state index contributed by atoms with van der Waals surface area (Å²) in [6.07, 6.45) is -0.202. The van der Waals surface area contributed by atoms with Crippen LogP contribution in [-0.2, 0) is 4.79 Å². The van der Waals surface area contributed by atoms with Gasteiger partial charge in [0.25, 0.3) is 5.91 Å². The zero-order valence-electron chi connectivity index (χ0n) is 14.3. The van der Waals surface area contributed by atoms with E-state index in [1.165, 1.54) is 0 Å². The SMILES string of the molecule is CCC(O)CN1CCN(C(=O)C(C)Oc2ccccc2C#N)CC1. The minimum absolute atomic E-state index is 0.0709. The molecular weight excluding hydrogens is 306 g/mol. The number of piperazine rings is 1. The van der Waals surface area contributed by atoms with Gasteiger partial charge in [-0.2, -0.15) is 5.26 Å². The molecule has 1 amide bonds. The number of nitriles is 1. The van der Waals surface area contributed by atoms with Crippen LogP contribution >= 0.6 is 0 Å². The number of rotatable bonds is 6. The second-order valence-corrected chi connectivity index (χ2v) is 6.06. The molecule has 24 heavy (non-hydrogen) atoms. The number of para-hydroxylation sites is 1. The molecule has 2 rings (SSSR count). The smallest absolute Gasteiger partial charge is 0.263 e. The summed E-state index contributed by atoms with van der Waals surface area (Å²) in [5, 5.41) is 18.8. The molecule has 0 radical (unpaired) electrons. The molecular formula is C18H25N3O3. The van der Waals surface area contributed by atoms with E-state index in [1.54, 1.807) is 36.1 Å². The van der Waals surface area contributed by atoms with Gasteiger partial charge in [-0.05, 0) is 25.5 Å². The summed E-state index contributed by atoms with van der Waals surface area (Å²) in [7, 11) is 0. The topological polar surface area (TPSA) is 76.8 Å². The quantitative estimate of drug-likeness (QED) is 0.849. The van der Waals surface area contributed by atoms with Crippen molar-refractivity contribution in [2.24, 2.45) is 0 Å². The van der Waals surface area contributed by atoms with Crippen molar-refractivity contribution >= 4 is 5.91 Å². The molecule has 1 heterocycles. The Morgan fingerprint density at radius 2 is 2.00 bits per heavy atom. The van der Waals surface area contributed by atoms with E-state index < -0.39 is 6.10 Å². The van der Waals surface area contributed by atoms with Gasteiger partial charge < -0.3 is 14.7 Å². The summed E-state index contributed by atoms with van der Waals surface area (Å²) < 4.78 is 5.69. The first-order chi connectivity index (χ1) is 11.5. The number of carbonyl (C=O) groups excluding carboxylic acids is 1. The van der Waals surface area contributed by atoms with Gasteiger partial charge in [-0.3, -0.25) is 9.69 Å². The zero-order valence-corrected chi connectivity index (χ0v) is 14.3. The van der Waals surface area contributed by atoms with Crippen LogP contribution < -0.4 is 4.74 Å². The van der Waals surface area contributed by atoms with Gasteiger partial charge in [0.1, 0.15) is 11.8 Å². The molecule has 0 aromatic heterocycles. The van der Waals surface area contributed by atoms with Crippen LogP contribution in [0.4, 0.5) is 0 Å². The average molecular weight is 331 g/mol. The molecule has 130 valence electrons. The number of hydrogen-bond donors (Lipinski definition) is 1. The standard InChI is InChI=1S/C18H25N3O3/c1-3-16(22)13-20-8-10-21(11-9-20)18(23)14(2)24-17-7-5-4-6-15(17)12-19/h4-7,14,16,22H,3,8-11,13H2,1-2H3. The molecule has 1 fully saturated rings. The third-order valence-electron chi connectivity index (χ3n) is 4.28. The van der Waals surface area contributed by atoms with Gasteiger partial charge in [-0.25, -0.2) is 0 Å². The first kappa shape index (κ1) is 18.2. The lowest BCUT2D eigenvalue weighted by Crippen LogP contribution is -2.53. The van der Waals surface area contributed by atoms with E-state index in [4.69, 9.17) is 10.00 Å². The molecule has 1 aromatic rings. The lowest BCUT2D eigenvalue weighted by molar-refractivity contribution is -0.139. The van der Waals surface area contributed by atoms with Gasteiger partial charge in [0.15, 0.2) is 6.10 Å². The number of hydrogen-bond acceptors (Lipinski definition) is 5. The van der Waals surface area contributed by atoms with Crippen molar-refractivity contribution in [3.8, 4) is 11.8 Å². The zero-order chi connectivity index (χ0) is 17.5. The summed E-state index contributed by atoms with van der Waals surface area (Å²) in [4.78, 5) is 16.5. The number of benzene rings is 1. The van der Waals surface area contributed by atoms with Crippen molar-refractivity contribution in [2.45, 2.75) is 32.5 Å². The predicted molar refractivity (Wildman–Crippen MR) is 90.6 cm³/mol. The number of carbonyl (C=O) groups is 1. The number of ether oxygens (including phenoxy) is 1. The molecule has 0 bridgehead atoms. The lowest BCUT2D eigenvalue weighted by atomic mass is 10.2. The van der Waals surface area contributed by atoms with Gasteiger partial charge in [0, 0.05) is 32.7 Å². The molecule has 0 saturated carbocycles. The van der Waals surface area contributed by atoms with E-state index in [2.05, 4.69) is 11.0 Å². The Bertz CT molecular complexity index is 591. The van der Waals surface area contributed by atoms with Crippen molar-refractivity contribution in [1.82, 2.24) is 9.80 Å². The second kappa shape index (κ2) is 8.67. The van der Waals surface area contributed by atoms with E-state index in [-0.39, 0.29) is 12.0 Å². The van der Waals surface area contributed by atoms with Crippen molar-refractivity contribution in [3.63, 3.8) is 0 Å². The Morgan fingerprint density at radius 3 is 2.62 bits per heavy atom. The van der Waals surface area contributed by atoms with E-state index in [0.29, 0.717) is 30.9 Å². The van der Waals surface area contributed by atoms with Crippen molar-refractivity contribution in [2.75, 3.05) is 32.7 Å². The highest BCUT2D eigenvalue weighted by atomic mass is 16.5. The minimum atomic E-state index is -0.632. The number of amides is 1. The van der Waals surface area contributed by atoms with E-state index in [9.17, 15) is 9.90 Å². The maximum atomic E-state index is 12.5. The number of aliphatic hydroxyl groups is 1. The summed E-state index contributed by atoms with van der Waals surface area (Å²) in [5.74, 6) is 0.365. The first-order valence-corrected chi connectivity index (χ1v) is 8.40. The minimum Gasteiger partial charge on any atom is -0.480 e. The molecule has 2 atom stereocenters. The summed E-state index contributed by atoms with van der Waals surface area (Å²) in [5.41, 5.74) is 0.426. The van der Waals surface area contributed by atoms with Crippen LogP contribution in [0.1, 0.15) is 25.8 Å². The number of aliphatic hydroxyl groups excluding tert-OH is 1. The van der Waals surface area contributed by atoms with Crippen LogP contribution in [0.25, 0.3) is 0 Å². The summed E-state index contributed by atoms with van der Waals surface area (Å²) in [6.45, 7) is 7.09. The van der Waals surface area contributed by atoms with Gasteiger partial charge in [0.2, 0.25) is 0 Å². The van der Waals surface area contributed by atoms with Crippen LogP contribution in [0.2, 0.25) is 0 Å². The third kappa shape index (κ3) is 4.70. The molecule has 2 unspecified atom stereocenters. The molecule has 1 aliphatic heterocycles. The van der Waals surface area contributed by atoms with Gasteiger partial charge in [-0.1, -0.05) is 19.1 Å². The maximum absolute atomic E-state index is 12.5. The van der Waals surface area contributed by atoms with Crippen LogP contribution in [0.5, 0.6) is 5.75 Å². The highest BCUT2D eigenvalue weighted by molar-refractivity contribution is 5.81. The highest BCUT2D eigenvalue weighted by Gasteiger charge is 2.27. The fraction of sp³-hybridized carbons (Fsp3) is 0.556. The van der Waals surface area contributed by atoms with E-state index in [1.807, 2.05) is 6.92 Å². The molecule has 1 N–H and O–H groups in total. The Morgan fingerprint density at radius 1 is 1.33 bits per heavy atom. The van der Waals surface area contributed by atoms with Crippen molar-refractivity contribution in [3.05, 3.63) is 29.8 Å². The van der Waals surface area contributed by atoms with Crippen LogP contribution in [0.3, 0.4) is 0 Å². The largest absolute Gasteiger partial charge is 0.480 e. The summed E-state index contributed by atoms with van der Waals surface area (Å²) in [6, 6.07) is 8.99. The average Bonchev–Trinajstić information content (AvgIpc) is 2.62. The van der Waals surface area contributed by atoms with Crippen molar-refractivity contribution < 1.29 is 14.6 Å². The highest BCUT2D eigenvalue weighted by Crippen LogP contribution is 2.19. The van der Waals surface area contributed by atoms with Crippen LogP contribution in [-0.4, -0.2) is 65.7 Å². The van der Waals surface area contributed by atoms with E-state index >= 15 is 0 Å². The molecule has 6 nitrogen and oxygen atoms in total. The third-order valence-corrected chi connectivity index (χ3v) is 4.28. The Kier molecular flexibility index (Phi) is 6.59. The Hall–Kier alpha value is -2.10. The van der Waals surface area contributed by atoms with Crippen molar-refractivity contribution in [1.29, 1.82) is 5.26 Å².